The van der Waals surface area contributed by atoms with E-state index in [1.807, 2.05) is 63.2 Å². The number of hydrogen-bond acceptors (Lipinski definition) is 17. The van der Waals surface area contributed by atoms with Crippen molar-refractivity contribution in [2.24, 2.45) is 33.8 Å². The first-order valence-electron chi connectivity index (χ1n) is 21.9. The molecule has 5 heterocycles. The number of nitrogens with two attached hydrogens (primary N) is 1. The standard InChI is InChI=1S/C45H65N5O12S/c1-11-34-45(8,55)39-25(4)35-23(2)19-44(7,38(26(5)36(51)27(6)41(54)60-34)61-42-37(52)31(50(9)10)17-24(3)59-42)58-21-29(20-57-39)49-62-32(40(53)48-35)22-56-16-12-13-28-14-15-30-33(18-28)63-43(46)47-30/h12-15,18,23-27,31-32,34,37-39,42,52,55H,11,16-17,19-22H2,1-10H3,(H2,46,47)/b13-12+,48-35?,49-29+/t23-,24-,25-,26+,27-,31+,32?,34-,37-,38-,39+,42+,44-,45-/m1/s1. The van der Waals surface area contributed by atoms with Crippen molar-refractivity contribution in [3.8, 4) is 0 Å². The molecule has 63 heavy (non-hydrogen) atoms. The number of carbonyl (C=O) groups is 3. The Kier molecular flexibility index (Phi) is 15.6. The smallest absolute Gasteiger partial charge is 0.316 e. The quantitative estimate of drug-likeness (QED) is 0.182. The molecular formula is C45H65N5O12S. The molecule has 4 aliphatic heterocycles. The third kappa shape index (κ3) is 10.9. The molecule has 1 aromatic carbocycles. The summed E-state index contributed by atoms with van der Waals surface area (Å²) in [5.74, 6) is -5.62. The van der Waals surface area contributed by atoms with Crippen LogP contribution in [0, 0.1) is 23.7 Å². The Labute approximate surface area is 373 Å². The fraction of sp³-hybridized carbons (Fsp3) is 0.689. The molecular weight excluding hydrogens is 835 g/mol. The predicted octanol–water partition coefficient (Wildman–Crippen LogP) is 4.21. The van der Waals surface area contributed by atoms with Gasteiger partial charge in [0, 0.05) is 23.6 Å². The molecule has 2 aromatic rings. The molecule has 17 nitrogen and oxygen atoms in total. The van der Waals surface area contributed by atoms with Crippen LogP contribution in [-0.2, 0) is 47.6 Å². The van der Waals surface area contributed by atoms with Gasteiger partial charge < -0.3 is 54.1 Å². The minimum absolute atomic E-state index is 0.131. The monoisotopic (exact) mass is 899 g/mol. The number of ketones is 1. The molecule has 1 aromatic heterocycles. The molecule has 1 amide bonds. The molecule has 0 radical (unpaired) electrons. The van der Waals surface area contributed by atoms with Crippen LogP contribution in [0.4, 0.5) is 5.13 Å². The van der Waals surface area contributed by atoms with E-state index in [1.54, 1.807) is 27.7 Å². The zero-order chi connectivity index (χ0) is 46.0. The molecule has 0 spiro atoms. The van der Waals surface area contributed by atoms with Crippen LogP contribution < -0.4 is 5.73 Å². The number of fused-ring (bicyclic) bond motifs is 5. The van der Waals surface area contributed by atoms with E-state index in [0.29, 0.717) is 17.3 Å². The lowest BCUT2D eigenvalue weighted by Crippen LogP contribution is -2.60. The number of nitrogen functional groups attached to an aromatic ring is 1. The number of anilines is 1. The molecule has 0 saturated carbocycles. The number of Topliss-reactive ketones (excluding diaryl/α,β-unsaturated/α-hetero) is 1. The molecule has 14 atom stereocenters. The van der Waals surface area contributed by atoms with Crippen molar-refractivity contribution in [1.29, 1.82) is 0 Å². The van der Waals surface area contributed by atoms with Crippen molar-refractivity contribution in [2.75, 3.05) is 46.3 Å². The van der Waals surface area contributed by atoms with Gasteiger partial charge in [-0.05, 0) is 84.7 Å². The van der Waals surface area contributed by atoms with E-state index in [0.717, 1.165) is 15.8 Å². The van der Waals surface area contributed by atoms with Gasteiger partial charge in [-0.3, -0.25) is 14.4 Å². The Bertz CT molecular complexity index is 2060. The van der Waals surface area contributed by atoms with Crippen LogP contribution in [0.15, 0.2) is 34.4 Å². The third-order valence-electron chi connectivity index (χ3n) is 12.9. The molecule has 0 aliphatic carbocycles. The highest BCUT2D eigenvalue weighted by Gasteiger charge is 2.53. The van der Waals surface area contributed by atoms with Crippen LogP contribution in [0.2, 0.25) is 0 Å². The minimum Gasteiger partial charge on any atom is -0.459 e. The summed E-state index contributed by atoms with van der Waals surface area (Å²) in [7, 11) is 3.73. The minimum atomic E-state index is -1.85. The summed E-state index contributed by atoms with van der Waals surface area (Å²) >= 11 is 1.40. The average Bonchev–Trinajstić information content (AvgIpc) is 3.60. The number of aromatic nitrogens is 1. The fourth-order valence-corrected chi connectivity index (χ4v) is 10.2. The van der Waals surface area contributed by atoms with Crippen molar-refractivity contribution in [2.45, 2.75) is 135 Å². The summed E-state index contributed by atoms with van der Waals surface area (Å²) in [5.41, 5.74) is 4.94. The zero-order valence-corrected chi connectivity index (χ0v) is 38.8. The van der Waals surface area contributed by atoms with Gasteiger partial charge in [0.25, 0.3) is 5.91 Å². The number of carbonyl (C=O) groups excluding carboxylic acids is 3. The summed E-state index contributed by atoms with van der Waals surface area (Å²) < 4.78 is 39.3. The van der Waals surface area contributed by atoms with Gasteiger partial charge in [0.1, 0.15) is 29.4 Å². The SMILES string of the molecule is CC[C@H]1OC(=O)[C@H](C)C(=O)[C@H](C)[C@@H](O[C@@H]2O[C@H](C)C[C@H](N(C)C)[C@H]2O)[C@@]2(C)C[C@@H](C)C3=NC(=O)C(COC/C=C/c4ccc5nc(N)sc5c4)O/N=C(\CO[C@@H]([C@@H]3C)[C@]1(C)O)CO2. The van der Waals surface area contributed by atoms with Crippen molar-refractivity contribution in [3.05, 3.63) is 29.8 Å². The van der Waals surface area contributed by atoms with Gasteiger partial charge in [0.15, 0.2) is 17.2 Å². The Morgan fingerprint density at radius 2 is 1.83 bits per heavy atom. The Morgan fingerprint density at radius 3 is 2.54 bits per heavy atom. The topological polar surface area (TPSA) is 223 Å². The second-order valence-corrected chi connectivity index (χ2v) is 19.2. The lowest BCUT2D eigenvalue weighted by molar-refractivity contribution is -0.296. The van der Waals surface area contributed by atoms with Crippen molar-refractivity contribution in [3.63, 3.8) is 0 Å². The molecule has 4 bridgehead atoms. The maximum Gasteiger partial charge on any atom is 0.316 e. The maximum atomic E-state index is 14.5. The number of aliphatic imine (C=N–C) groups is 1. The van der Waals surface area contributed by atoms with Crippen LogP contribution >= 0.6 is 11.3 Å². The van der Waals surface area contributed by atoms with Crippen LogP contribution in [-0.4, -0.2) is 150 Å². The summed E-state index contributed by atoms with van der Waals surface area (Å²) in [4.78, 5) is 59.5. The molecule has 1 unspecified atom stereocenters. The number of aliphatic hydroxyl groups excluding tert-OH is 1. The number of aliphatic hydroxyl groups is 2. The molecule has 18 heteroatoms. The van der Waals surface area contributed by atoms with Gasteiger partial charge in [-0.25, -0.2) is 9.98 Å². The van der Waals surface area contributed by atoms with Crippen LogP contribution in [0.5, 0.6) is 0 Å². The molecule has 4 aliphatic rings. The maximum absolute atomic E-state index is 14.5. The molecule has 4 N–H and O–H groups in total. The number of thiazole rings is 1. The Balaban J connectivity index is 1.39. The van der Waals surface area contributed by atoms with Crippen molar-refractivity contribution >= 4 is 61.8 Å². The third-order valence-corrected chi connectivity index (χ3v) is 13.7. The first kappa shape index (κ1) is 48.7. The number of rotatable bonds is 9. The van der Waals surface area contributed by atoms with Gasteiger partial charge in [-0.15, -0.1) is 0 Å². The van der Waals surface area contributed by atoms with E-state index in [4.69, 9.17) is 44.0 Å². The van der Waals surface area contributed by atoms with E-state index in [-0.39, 0.29) is 57.1 Å². The highest BCUT2D eigenvalue weighted by molar-refractivity contribution is 7.22. The number of nitrogens with zero attached hydrogens (tertiary/aromatic N) is 4. The second-order valence-electron chi connectivity index (χ2n) is 18.2. The number of cyclic esters (lactones) is 1. The van der Waals surface area contributed by atoms with Gasteiger partial charge >= 0.3 is 5.97 Å². The molecule has 3 saturated heterocycles. The van der Waals surface area contributed by atoms with Crippen LogP contribution in [0.1, 0.15) is 80.2 Å². The summed E-state index contributed by atoms with van der Waals surface area (Å²) in [6, 6.07) is 5.48. The van der Waals surface area contributed by atoms with Gasteiger partial charge in [-0.2, -0.15) is 0 Å². The highest BCUT2D eigenvalue weighted by Crippen LogP contribution is 2.40. The fourth-order valence-electron chi connectivity index (χ4n) is 9.40. The van der Waals surface area contributed by atoms with Gasteiger partial charge in [0.2, 0.25) is 6.10 Å². The molecule has 3 fully saturated rings. The number of hydrogen-bond donors (Lipinski definition) is 3. The first-order valence-corrected chi connectivity index (χ1v) is 22.7. The first-order chi connectivity index (χ1) is 29.7. The highest BCUT2D eigenvalue weighted by atomic mass is 32.1. The number of esters is 1. The molecule has 348 valence electrons. The summed E-state index contributed by atoms with van der Waals surface area (Å²) in [5, 5.41) is 29.0. The molecule has 6 rings (SSSR count). The Morgan fingerprint density at radius 1 is 1.08 bits per heavy atom. The number of oxime groups is 1. The second kappa shape index (κ2) is 20.2. The summed E-state index contributed by atoms with van der Waals surface area (Å²) in [6.07, 6.45) is -2.66. The van der Waals surface area contributed by atoms with E-state index in [9.17, 15) is 24.6 Å². The summed E-state index contributed by atoms with van der Waals surface area (Å²) in [6.45, 7) is 13.3. The van der Waals surface area contributed by atoms with Crippen LogP contribution in [0.3, 0.4) is 0 Å². The normalized spacial score (nSPS) is 38.4. The van der Waals surface area contributed by atoms with E-state index >= 15 is 0 Å². The van der Waals surface area contributed by atoms with Gasteiger partial charge in [0.05, 0.1) is 60.6 Å². The largest absolute Gasteiger partial charge is 0.459 e. The van der Waals surface area contributed by atoms with Crippen LogP contribution in [0.25, 0.3) is 16.3 Å². The number of amides is 1. The van der Waals surface area contributed by atoms with Gasteiger partial charge in [-0.1, -0.05) is 62.4 Å². The van der Waals surface area contributed by atoms with E-state index in [2.05, 4.69) is 10.1 Å². The zero-order valence-electron chi connectivity index (χ0n) is 38.0. The Hall–Kier alpha value is -3.72. The predicted molar refractivity (Wildman–Crippen MR) is 237 cm³/mol. The average molecular weight is 900 g/mol. The number of benzene rings is 1. The lowest BCUT2D eigenvalue weighted by atomic mass is 9.73. The number of likely N-dealkylation sites (N-methyl/N-ethyl adjacent to an activating group) is 1. The lowest BCUT2D eigenvalue weighted by Gasteiger charge is -2.47. The van der Waals surface area contributed by atoms with Crippen molar-refractivity contribution < 1.29 is 57.9 Å². The number of ether oxygens (including phenoxy) is 6. The van der Waals surface area contributed by atoms with Crippen molar-refractivity contribution in [1.82, 2.24) is 9.88 Å². The van der Waals surface area contributed by atoms with E-state index in [1.165, 1.54) is 25.2 Å². The van der Waals surface area contributed by atoms with E-state index < -0.39 is 89.3 Å².